The number of carbonyl (C=O) groups excluding carboxylic acids is 3. The largest absolute Gasteiger partial charge is 0.484 e. The SMILES string of the molecule is NC(=O)COc1cccc(/C=C2/C(=O)NC(=S)N(c3ccccc3)C2=O)c1. The molecule has 8 heteroatoms. The van der Waals surface area contributed by atoms with Crippen molar-refractivity contribution in [3.05, 3.63) is 65.7 Å². The molecule has 0 saturated carbocycles. The lowest BCUT2D eigenvalue weighted by molar-refractivity contribution is -0.122. The molecule has 1 saturated heterocycles. The van der Waals surface area contributed by atoms with Crippen LogP contribution in [0.15, 0.2) is 60.2 Å². The van der Waals surface area contributed by atoms with Gasteiger partial charge in [0.25, 0.3) is 17.7 Å². The number of thiocarbonyl (C=S) groups is 1. The first kappa shape index (κ1) is 18.3. The van der Waals surface area contributed by atoms with E-state index >= 15 is 0 Å². The van der Waals surface area contributed by atoms with Gasteiger partial charge in [-0.1, -0.05) is 30.3 Å². The van der Waals surface area contributed by atoms with E-state index in [0.717, 1.165) is 0 Å². The molecule has 3 rings (SSSR count). The number of hydrogen-bond acceptors (Lipinski definition) is 5. The summed E-state index contributed by atoms with van der Waals surface area (Å²) >= 11 is 5.14. The van der Waals surface area contributed by atoms with E-state index in [9.17, 15) is 14.4 Å². The van der Waals surface area contributed by atoms with Gasteiger partial charge in [-0.25, -0.2) is 0 Å². The number of anilines is 1. The minimum Gasteiger partial charge on any atom is -0.484 e. The third-order valence-corrected chi connectivity index (χ3v) is 3.95. The Kier molecular flexibility index (Phi) is 5.28. The molecule has 0 bridgehead atoms. The van der Waals surface area contributed by atoms with Crippen molar-refractivity contribution in [3.8, 4) is 5.75 Å². The second-order valence-electron chi connectivity index (χ2n) is 5.62. The molecule has 2 aromatic rings. The van der Waals surface area contributed by atoms with Gasteiger partial charge in [0.1, 0.15) is 11.3 Å². The quantitative estimate of drug-likeness (QED) is 0.463. The molecule has 27 heavy (non-hydrogen) atoms. The average molecular weight is 381 g/mol. The van der Waals surface area contributed by atoms with Crippen LogP contribution in [0, 0.1) is 0 Å². The van der Waals surface area contributed by atoms with Crippen LogP contribution in [0.25, 0.3) is 6.08 Å². The van der Waals surface area contributed by atoms with Crippen LogP contribution in [-0.4, -0.2) is 29.4 Å². The Morgan fingerprint density at radius 3 is 2.59 bits per heavy atom. The van der Waals surface area contributed by atoms with Gasteiger partial charge in [0.15, 0.2) is 11.7 Å². The molecule has 1 aliphatic rings. The molecule has 0 atom stereocenters. The second kappa shape index (κ2) is 7.79. The normalized spacial score (nSPS) is 15.6. The first-order valence-corrected chi connectivity index (χ1v) is 8.34. The van der Waals surface area contributed by atoms with Gasteiger partial charge in [-0.15, -0.1) is 0 Å². The van der Waals surface area contributed by atoms with Gasteiger partial charge in [-0.05, 0) is 48.1 Å². The maximum atomic E-state index is 12.9. The molecule has 0 aliphatic carbocycles. The van der Waals surface area contributed by atoms with Crippen molar-refractivity contribution in [1.82, 2.24) is 5.32 Å². The van der Waals surface area contributed by atoms with Gasteiger partial charge in [0, 0.05) is 0 Å². The summed E-state index contributed by atoms with van der Waals surface area (Å²) in [5, 5.41) is 2.54. The van der Waals surface area contributed by atoms with E-state index in [1.165, 1.54) is 11.0 Å². The zero-order valence-electron chi connectivity index (χ0n) is 14.0. The highest BCUT2D eigenvalue weighted by atomic mass is 32.1. The second-order valence-corrected chi connectivity index (χ2v) is 6.01. The van der Waals surface area contributed by atoms with Crippen molar-refractivity contribution in [2.24, 2.45) is 5.73 Å². The maximum absolute atomic E-state index is 12.9. The van der Waals surface area contributed by atoms with Crippen molar-refractivity contribution in [2.75, 3.05) is 11.5 Å². The van der Waals surface area contributed by atoms with E-state index in [1.54, 1.807) is 48.5 Å². The van der Waals surface area contributed by atoms with Crippen LogP contribution in [0.3, 0.4) is 0 Å². The minimum absolute atomic E-state index is 0.0203. The number of rotatable bonds is 5. The molecule has 1 aliphatic heterocycles. The number of primary amides is 1. The highest BCUT2D eigenvalue weighted by Gasteiger charge is 2.34. The van der Waals surface area contributed by atoms with Crippen LogP contribution in [0.1, 0.15) is 5.56 Å². The number of para-hydroxylation sites is 1. The molecule has 0 spiro atoms. The van der Waals surface area contributed by atoms with Crippen LogP contribution >= 0.6 is 12.2 Å². The summed E-state index contributed by atoms with van der Waals surface area (Å²) in [5.41, 5.74) is 6.09. The van der Waals surface area contributed by atoms with E-state index in [2.05, 4.69) is 5.32 Å². The van der Waals surface area contributed by atoms with Crippen molar-refractivity contribution < 1.29 is 19.1 Å². The van der Waals surface area contributed by atoms with Gasteiger partial charge >= 0.3 is 0 Å². The van der Waals surface area contributed by atoms with Gasteiger partial charge in [0.2, 0.25) is 0 Å². The monoisotopic (exact) mass is 381 g/mol. The molecule has 3 N–H and O–H groups in total. The molecule has 1 fully saturated rings. The minimum atomic E-state index is -0.604. The molecule has 3 amide bonds. The zero-order valence-corrected chi connectivity index (χ0v) is 14.9. The molecule has 1 heterocycles. The summed E-state index contributed by atoms with van der Waals surface area (Å²) in [5.74, 6) is -1.33. The number of benzene rings is 2. The summed E-state index contributed by atoms with van der Waals surface area (Å²) in [4.78, 5) is 37.2. The fourth-order valence-electron chi connectivity index (χ4n) is 2.48. The van der Waals surface area contributed by atoms with Crippen LogP contribution < -0.4 is 20.7 Å². The number of amides is 3. The Balaban J connectivity index is 1.91. The number of ether oxygens (including phenoxy) is 1. The highest BCUT2D eigenvalue weighted by Crippen LogP contribution is 2.22. The lowest BCUT2D eigenvalue weighted by Crippen LogP contribution is -2.54. The maximum Gasteiger partial charge on any atom is 0.270 e. The van der Waals surface area contributed by atoms with E-state index in [-0.39, 0.29) is 17.3 Å². The first-order chi connectivity index (χ1) is 13.0. The number of nitrogens with two attached hydrogens (primary N) is 1. The number of nitrogens with zero attached hydrogens (tertiary/aromatic N) is 1. The predicted octanol–water partition coefficient (Wildman–Crippen LogP) is 1.38. The highest BCUT2D eigenvalue weighted by molar-refractivity contribution is 7.80. The topological polar surface area (TPSA) is 102 Å². The van der Waals surface area contributed by atoms with Gasteiger partial charge in [-0.3, -0.25) is 24.6 Å². The number of nitrogens with one attached hydrogen (secondary N) is 1. The number of carbonyl (C=O) groups is 3. The van der Waals surface area contributed by atoms with Crippen molar-refractivity contribution in [3.63, 3.8) is 0 Å². The Bertz CT molecular complexity index is 956. The van der Waals surface area contributed by atoms with E-state index < -0.39 is 17.7 Å². The van der Waals surface area contributed by atoms with Crippen LogP contribution in [0.2, 0.25) is 0 Å². The number of hydrogen-bond donors (Lipinski definition) is 2. The first-order valence-electron chi connectivity index (χ1n) is 7.93. The third kappa shape index (κ3) is 4.18. The molecular formula is C19H15N3O4S. The third-order valence-electron chi connectivity index (χ3n) is 3.67. The Hall–Kier alpha value is -3.52. The fraction of sp³-hybridized carbons (Fsp3) is 0.0526. The van der Waals surface area contributed by atoms with Crippen molar-refractivity contribution in [2.45, 2.75) is 0 Å². The molecule has 0 aromatic heterocycles. The van der Waals surface area contributed by atoms with Crippen LogP contribution in [0.5, 0.6) is 5.75 Å². The Morgan fingerprint density at radius 2 is 1.89 bits per heavy atom. The molecule has 2 aromatic carbocycles. The summed E-state index contributed by atoms with van der Waals surface area (Å²) in [6.07, 6.45) is 1.44. The summed E-state index contributed by atoms with van der Waals surface area (Å²) in [6, 6.07) is 15.4. The standard InChI is InChI=1S/C19H15N3O4S/c20-16(23)11-26-14-8-4-5-12(9-14)10-15-17(24)21-19(27)22(18(15)25)13-6-2-1-3-7-13/h1-10H,11H2,(H2,20,23)(H,21,24,27)/b15-10-. The smallest absolute Gasteiger partial charge is 0.270 e. The van der Waals surface area contributed by atoms with Crippen LogP contribution in [0.4, 0.5) is 5.69 Å². The molecular weight excluding hydrogens is 366 g/mol. The van der Waals surface area contributed by atoms with E-state index in [1.807, 2.05) is 6.07 Å². The zero-order chi connectivity index (χ0) is 19.4. The van der Waals surface area contributed by atoms with E-state index in [0.29, 0.717) is 17.0 Å². The van der Waals surface area contributed by atoms with Gasteiger partial charge in [-0.2, -0.15) is 0 Å². The van der Waals surface area contributed by atoms with Crippen molar-refractivity contribution in [1.29, 1.82) is 0 Å². The van der Waals surface area contributed by atoms with Crippen LogP contribution in [-0.2, 0) is 14.4 Å². The lowest BCUT2D eigenvalue weighted by atomic mass is 10.1. The summed E-state index contributed by atoms with van der Waals surface area (Å²) in [7, 11) is 0. The fourth-order valence-corrected chi connectivity index (χ4v) is 2.77. The Labute approximate surface area is 160 Å². The Morgan fingerprint density at radius 1 is 1.15 bits per heavy atom. The van der Waals surface area contributed by atoms with Gasteiger partial charge in [0.05, 0.1) is 5.69 Å². The van der Waals surface area contributed by atoms with E-state index in [4.69, 9.17) is 22.7 Å². The van der Waals surface area contributed by atoms with Crippen molar-refractivity contribution >= 4 is 46.8 Å². The molecule has 0 unspecified atom stereocenters. The molecule has 136 valence electrons. The average Bonchev–Trinajstić information content (AvgIpc) is 2.64. The molecule has 0 radical (unpaired) electrons. The van der Waals surface area contributed by atoms with Gasteiger partial charge < -0.3 is 10.5 Å². The summed E-state index contributed by atoms with van der Waals surface area (Å²) in [6.45, 7) is -0.268. The predicted molar refractivity (Wildman–Crippen MR) is 104 cm³/mol. The lowest BCUT2D eigenvalue weighted by Gasteiger charge is -2.28. The molecule has 7 nitrogen and oxygen atoms in total. The summed E-state index contributed by atoms with van der Waals surface area (Å²) < 4.78 is 5.24.